The molecule has 0 radical (unpaired) electrons. The third-order valence-corrected chi connectivity index (χ3v) is 4.11. The van der Waals surface area contributed by atoms with Crippen LogP contribution in [0, 0.1) is 23.3 Å². The Morgan fingerprint density at radius 2 is 1.63 bits per heavy atom. The first-order chi connectivity index (χ1) is 8.99. The highest BCUT2D eigenvalue weighted by Crippen LogP contribution is 2.50. The Morgan fingerprint density at radius 3 is 2.37 bits per heavy atom. The highest BCUT2D eigenvalue weighted by atomic mass is 79.9. The predicted molar refractivity (Wildman–Crippen MR) is 64.6 cm³/mol. The maximum atomic E-state index is 13.6. The van der Waals surface area contributed by atoms with Crippen LogP contribution >= 0.6 is 27.7 Å². The average Bonchev–Trinajstić information content (AvgIpc) is 2.41. The molecule has 0 aromatic heterocycles. The van der Waals surface area contributed by atoms with Crippen LogP contribution in [-0.2, 0) is 0 Å². The van der Waals surface area contributed by atoms with Crippen LogP contribution < -0.4 is 4.74 Å². The highest BCUT2D eigenvalue weighted by Gasteiger charge is 2.31. The van der Waals surface area contributed by atoms with Crippen LogP contribution in [-0.4, -0.2) is 0 Å². The molecule has 0 N–H and O–H groups in total. The van der Waals surface area contributed by atoms with E-state index in [9.17, 15) is 17.6 Å². The first-order valence-electron chi connectivity index (χ1n) is 5.00. The average molecular weight is 351 g/mol. The lowest BCUT2D eigenvalue weighted by Gasteiger charge is -2.21. The van der Waals surface area contributed by atoms with E-state index in [1.165, 1.54) is 6.07 Å². The van der Waals surface area contributed by atoms with Gasteiger partial charge in [-0.15, -0.1) is 0 Å². The van der Waals surface area contributed by atoms with Gasteiger partial charge in [0.1, 0.15) is 5.75 Å². The van der Waals surface area contributed by atoms with Gasteiger partial charge in [-0.1, -0.05) is 27.7 Å². The maximum Gasteiger partial charge on any atom is 0.205 e. The number of rotatable bonds is 0. The molecule has 1 heterocycles. The molecule has 0 aliphatic carbocycles. The molecule has 2 aromatic carbocycles. The summed E-state index contributed by atoms with van der Waals surface area (Å²) in [5.74, 6) is -7.08. The molecule has 1 nitrogen and oxygen atoms in total. The lowest BCUT2D eigenvalue weighted by atomic mass is 10.2. The van der Waals surface area contributed by atoms with Crippen LogP contribution in [0.4, 0.5) is 17.6 Å². The van der Waals surface area contributed by atoms with Crippen molar-refractivity contribution in [3.8, 4) is 11.5 Å². The lowest BCUT2D eigenvalue weighted by molar-refractivity contribution is 0.349. The molecule has 98 valence electrons. The summed E-state index contributed by atoms with van der Waals surface area (Å²) in [6.07, 6.45) is 0. The third kappa shape index (κ3) is 1.92. The zero-order valence-electron chi connectivity index (χ0n) is 8.94. The van der Waals surface area contributed by atoms with Gasteiger partial charge in [-0.05, 0) is 18.2 Å². The van der Waals surface area contributed by atoms with E-state index >= 15 is 0 Å². The standard InChI is InChI=1S/C12H3BrF4OS/c13-4-1-2-5-6(3-4)19-12-10(17)8(15)7(14)9(16)11(12)18-5/h1-3H. The van der Waals surface area contributed by atoms with E-state index in [-0.39, 0.29) is 5.75 Å². The Bertz CT molecular complexity index is 705. The Kier molecular flexibility index (Phi) is 2.98. The van der Waals surface area contributed by atoms with Crippen LogP contribution in [0.2, 0.25) is 0 Å². The number of hydrogen-bond donors (Lipinski definition) is 0. The quantitative estimate of drug-likeness (QED) is 0.310. The van der Waals surface area contributed by atoms with Gasteiger partial charge in [0.15, 0.2) is 17.4 Å². The molecule has 7 heteroatoms. The summed E-state index contributed by atoms with van der Waals surface area (Å²) >= 11 is 4.00. The third-order valence-electron chi connectivity index (χ3n) is 2.51. The molecule has 1 aliphatic heterocycles. The lowest BCUT2D eigenvalue weighted by Crippen LogP contribution is -2.06. The van der Waals surface area contributed by atoms with Crippen molar-refractivity contribution in [2.24, 2.45) is 0 Å². The fraction of sp³-hybridized carbons (Fsp3) is 0. The van der Waals surface area contributed by atoms with Crippen LogP contribution in [0.5, 0.6) is 11.5 Å². The highest BCUT2D eigenvalue weighted by molar-refractivity contribution is 9.10. The van der Waals surface area contributed by atoms with Gasteiger partial charge in [-0.2, -0.15) is 4.39 Å². The summed E-state index contributed by atoms with van der Waals surface area (Å²) in [5, 5.41) is 0. The van der Waals surface area contributed by atoms with E-state index < -0.39 is 33.9 Å². The van der Waals surface area contributed by atoms with Crippen molar-refractivity contribution >= 4 is 27.7 Å². The van der Waals surface area contributed by atoms with Gasteiger partial charge in [0.2, 0.25) is 11.6 Å². The molecule has 0 fully saturated rings. The topological polar surface area (TPSA) is 9.23 Å². The Labute approximate surface area is 117 Å². The van der Waals surface area contributed by atoms with E-state index in [0.29, 0.717) is 9.37 Å². The fourth-order valence-electron chi connectivity index (χ4n) is 1.64. The predicted octanol–water partition coefficient (Wildman–Crippen LogP) is 5.26. The summed E-state index contributed by atoms with van der Waals surface area (Å²) in [4.78, 5) is 0.0770. The van der Waals surface area contributed by atoms with Crippen molar-refractivity contribution in [1.82, 2.24) is 0 Å². The fourth-order valence-corrected chi connectivity index (χ4v) is 3.17. The molecule has 0 bridgehead atoms. The largest absolute Gasteiger partial charge is 0.452 e. The zero-order valence-corrected chi connectivity index (χ0v) is 11.3. The molecule has 0 amide bonds. The van der Waals surface area contributed by atoms with Crippen LogP contribution in [0.15, 0.2) is 32.5 Å². The van der Waals surface area contributed by atoms with Gasteiger partial charge < -0.3 is 4.74 Å². The van der Waals surface area contributed by atoms with Crippen LogP contribution in [0.1, 0.15) is 0 Å². The first kappa shape index (κ1) is 12.8. The summed E-state index contributed by atoms with van der Waals surface area (Å²) < 4.78 is 59.3. The number of fused-ring (bicyclic) bond motifs is 2. The summed E-state index contributed by atoms with van der Waals surface area (Å²) in [7, 11) is 0. The van der Waals surface area contributed by atoms with Crippen molar-refractivity contribution in [1.29, 1.82) is 0 Å². The molecule has 2 aromatic rings. The molecule has 3 rings (SSSR count). The number of benzene rings is 2. The molecule has 0 spiro atoms. The Hall–Kier alpha value is -1.21. The SMILES string of the molecule is Fc1c(F)c(F)c2c(c1F)Oc1ccc(Br)cc1S2. The van der Waals surface area contributed by atoms with Gasteiger partial charge in [0.05, 0.1) is 9.79 Å². The van der Waals surface area contributed by atoms with Gasteiger partial charge in [0, 0.05) is 4.47 Å². The van der Waals surface area contributed by atoms with Gasteiger partial charge in [0.25, 0.3) is 0 Å². The second-order valence-corrected chi connectivity index (χ2v) is 5.68. The minimum Gasteiger partial charge on any atom is -0.452 e. The monoisotopic (exact) mass is 350 g/mol. The Morgan fingerprint density at radius 1 is 0.947 bits per heavy atom. The first-order valence-corrected chi connectivity index (χ1v) is 6.61. The minimum atomic E-state index is -1.88. The second-order valence-electron chi connectivity index (χ2n) is 3.71. The second kappa shape index (κ2) is 4.42. The smallest absolute Gasteiger partial charge is 0.205 e. The maximum absolute atomic E-state index is 13.6. The van der Waals surface area contributed by atoms with Crippen LogP contribution in [0.3, 0.4) is 0 Å². The van der Waals surface area contributed by atoms with E-state index in [1.807, 2.05) is 0 Å². The molecule has 0 unspecified atom stereocenters. The Balaban J connectivity index is 2.23. The molecule has 0 saturated heterocycles. The molecule has 0 atom stereocenters. The number of hydrogen-bond acceptors (Lipinski definition) is 2. The van der Waals surface area contributed by atoms with E-state index in [4.69, 9.17) is 4.74 Å². The summed E-state index contributed by atoms with van der Waals surface area (Å²) in [5.41, 5.74) is 0. The molecule has 1 aliphatic rings. The normalized spacial score (nSPS) is 12.7. The molecular formula is C12H3BrF4OS. The van der Waals surface area contributed by atoms with E-state index in [1.54, 1.807) is 12.1 Å². The number of halogens is 5. The molecular weight excluding hydrogens is 348 g/mol. The molecule has 0 saturated carbocycles. The van der Waals surface area contributed by atoms with Crippen molar-refractivity contribution < 1.29 is 22.3 Å². The van der Waals surface area contributed by atoms with Crippen molar-refractivity contribution in [2.45, 2.75) is 9.79 Å². The van der Waals surface area contributed by atoms with E-state index in [2.05, 4.69) is 15.9 Å². The minimum absolute atomic E-state index is 0.255. The number of ether oxygens (including phenoxy) is 1. The van der Waals surface area contributed by atoms with Crippen molar-refractivity contribution in [2.75, 3.05) is 0 Å². The zero-order chi connectivity index (χ0) is 13.7. The van der Waals surface area contributed by atoms with Gasteiger partial charge in [-0.25, -0.2) is 13.2 Å². The summed E-state index contributed by atoms with van der Waals surface area (Å²) in [6.45, 7) is 0. The van der Waals surface area contributed by atoms with E-state index in [0.717, 1.165) is 11.8 Å². The van der Waals surface area contributed by atoms with Crippen molar-refractivity contribution in [3.63, 3.8) is 0 Å². The van der Waals surface area contributed by atoms with Crippen molar-refractivity contribution in [3.05, 3.63) is 45.9 Å². The molecule has 19 heavy (non-hydrogen) atoms. The van der Waals surface area contributed by atoms with Gasteiger partial charge in [-0.3, -0.25) is 0 Å². The van der Waals surface area contributed by atoms with Gasteiger partial charge >= 0.3 is 0 Å². The van der Waals surface area contributed by atoms with Crippen LogP contribution in [0.25, 0.3) is 0 Å². The summed E-state index contributed by atoms with van der Waals surface area (Å²) in [6, 6.07) is 4.77.